The number of hydrogen-bond acceptors (Lipinski definition) is 1. The van der Waals surface area contributed by atoms with Gasteiger partial charge in [-0.05, 0) is 0 Å². The molecule has 0 aliphatic heterocycles. The molecular formula is C5H4Cl2FeN. The van der Waals surface area contributed by atoms with Gasteiger partial charge in [0.25, 0.3) is 0 Å². The summed E-state index contributed by atoms with van der Waals surface area (Å²) < 4.78 is 0.822. The zero-order chi connectivity index (χ0) is 5.11. The molecule has 0 unspecified atom stereocenters. The van der Waals surface area contributed by atoms with E-state index in [2.05, 4.69) is 21.0 Å². The van der Waals surface area contributed by atoms with Crippen molar-refractivity contribution in [1.82, 2.24) is 4.98 Å². The monoisotopic (exact) mass is 204 g/mol. The Morgan fingerprint density at radius 2 is 1.89 bits per heavy atom. The summed E-state index contributed by atoms with van der Waals surface area (Å²) in [5, 5.41) is 0. The molecule has 0 aliphatic carbocycles. The van der Waals surface area contributed by atoms with Crippen LogP contribution in [0.5, 0.6) is 0 Å². The second-order valence-corrected chi connectivity index (χ2v) is 1.71. The molecule has 0 aliphatic rings. The molecule has 1 aromatic heterocycles. The molecule has 1 rings (SSSR count). The normalized spacial score (nSPS) is 6.67. The van der Waals surface area contributed by atoms with Crippen LogP contribution in [0.3, 0.4) is 0 Å². The van der Waals surface area contributed by atoms with Gasteiger partial charge in [0.2, 0.25) is 0 Å². The summed E-state index contributed by atoms with van der Waals surface area (Å²) in [4.78, 5) is 3.87. The average molecular weight is 205 g/mol. The molecule has 0 radical (unpaired) electrons. The second kappa shape index (κ2) is 6.37. The van der Waals surface area contributed by atoms with Crippen molar-refractivity contribution in [2.24, 2.45) is 0 Å². The van der Waals surface area contributed by atoms with E-state index in [1.807, 2.05) is 18.2 Å². The quantitative estimate of drug-likeness (QED) is 0.384. The summed E-state index contributed by atoms with van der Waals surface area (Å²) in [7, 11) is 0. The van der Waals surface area contributed by atoms with E-state index in [-0.39, 0.29) is 24.8 Å². The molecule has 0 fully saturated rings. The van der Waals surface area contributed by atoms with Crippen LogP contribution < -0.4 is 29.4 Å². The fourth-order valence-electron chi connectivity index (χ4n) is 0.338. The maximum absolute atomic E-state index is 3.87. The summed E-state index contributed by atoms with van der Waals surface area (Å²) in [6.45, 7) is 0. The minimum absolute atomic E-state index is 0. The molecule has 51 valence electrons. The number of pyridine rings is 1. The van der Waals surface area contributed by atoms with Gasteiger partial charge in [0.1, 0.15) is 0 Å². The van der Waals surface area contributed by atoms with Gasteiger partial charge in [-0.2, -0.15) is 0 Å². The van der Waals surface area contributed by atoms with Gasteiger partial charge in [-0.3, -0.25) is 0 Å². The zero-order valence-corrected chi connectivity index (χ0v) is 6.98. The number of nitrogens with zero attached hydrogens (tertiary/aromatic N) is 1. The number of rotatable bonds is 0. The molecule has 9 heavy (non-hydrogen) atoms. The van der Waals surface area contributed by atoms with Crippen LogP contribution in [0.2, 0.25) is 0 Å². The van der Waals surface area contributed by atoms with Crippen LogP contribution in [0.15, 0.2) is 24.4 Å². The number of aromatic nitrogens is 1. The molecule has 1 aromatic rings. The first kappa shape index (κ1) is 12.0. The zero-order valence-electron chi connectivity index (χ0n) is 4.37. The van der Waals surface area contributed by atoms with Crippen LogP contribution in [-0.4, -0.2) is 4.98 Å². The van der Waals surface area contributed by atoms with Crippen LogP contribution in [0.25, 0.3) is 0 Å². The van der Waals surface area contributed by atoms with Crippen LogP contribution in [0.4, 0.5) is 0 Å². The third-order valence-corrected chi connectivity index (χ3v) is 0.948. The van der Waals surface area contributed by atoms with Crippen LogP contribution in [0, 0.1) is 0 Å². The Morgan fingerprint density at radius 3 is 2.11 bits per heavy atom. The van der Waals surface area contributed by atoms with Gasteiger partial charge in [-0.15, -0.1) is 0 Å². The fraction of sp³-hybridized carbons (Fsp3) is 0. The van der Waals surface area contributed by atoms with Gasteiger partial charge < -0.3 is 24.8 Å². The van der Waals surface area contributed by atoms with Crippen molar-refractivity contribution in [3.63, 3.8) is 0 Å². The Hall–Kier alpha value is 0.249. The predicted molar refractivity (Wildman–Crippen MR) is 23.9 cm³/mol. The molecule has 4 heteroatoms. The van der Waals surface area contributed by atoms with Gasteiger partial charge in [0, 0.05) is 0 Å². The molecule has 0 saturated heterocycles. The molecule has 0 spiro atoms. The topological polar surface area (TPSA) is 12.9 Å². The van der Waals surface area contributed by atoms with E-state index in [1.165, 1.54) is 0 Å². The van der Waals surface area contributed by atoms with Crippen molar-refractivity contribution in [2.75, 3.05) is 0 Å². The van der Waals surface area contributed by atoms with Crippen molar-refractivity contribution in [1.29, 1.82) is 0 Å². The van der Waals surface area contributed by atoms with Gasteiger partial charge >= 0.3 is 50.0 Å². The number of hydrogen-bond donors (Lipinski definition) is 0. The van der Waals surface area contributed by atoms with E-state index in [4.69, 9.17) is 0 Å². The summed E-state index contributed by atoms with van der Waals surface area (Å²) in [6.07, 6.45) is 1.72. The van der Waals surface area contributed by atoms with Crippen LogP contribution in [-0.2, 0) is 16.0 Å². The molecule has 1 nitrogen and oxygen atoms in total. The average Bonchev–Trinajstić information content (AvgIpc) is 1.69. The van der Waals surface area contributed by atoms with Crippen LogP contribution >= 0.6 is 0 Å². The van der Waals surface area contributed by atoms with E-state index in [9.17, 15) is 0 Å². The SMILES string of the molecule is [Cl-].[Cl-].[Fe+2][c]1ccccn1. The summed E-state index contributed by atoms with van der Waals surface area (Å²) >= 11 is 3.61. The first-order chi connectivity index (χ1) is 3.39. The Kier molecular flexibility index (Phi) is 8.48. The Morgan fingerprint density at radius 1 is 1.22 bits per heavy atom. The summed E-state index contributed by atoms with van der Waals surface area (Å²) in [6, 6.07) is 5.64. The molecule has 0 bridgehead atoms. The van der Waals surface area contributed by atoms with Gasteiger partial charge in [0.15, 0.2) is 0 Å². The van der Waals surface area contributed by atoms with Gasteiger partial charge in [-0.25, -0.2) is 0 Å². The molecule has 0 N–H and O–H groups in total. The Labute approximate surface area is 74.9 Å². The second-order valence-electron chi connectivity index (χ2n) is 1.14. The molecular weight excluding hydrogens is 201 g/mol. The third kappa shape index (κ3) is 4.73. The minimum atomic E-state index is 0. The predicted octanol–water partition coefficient (Wildman–Crippen LogP) is -5.74. The van der Waals surface area contributed by atoms with Gasteiger partial charge in [0.05, 0.1) is 0 Å². The fourth-order valence-corrected chi connectivity index (χ4v) is 0.526. The summed E-state index contributed by atoms with van der Waals surface area (Å²) in [5.74, 6) is 0. The molecule has 0 amide bonds. The van der Waals surface area contributed by atoms with Crippen molar-refractivity contribution >= 4 is 4.59 Å². The third-order valence-electron chi connectivity index (χ3n) is 0.622. The van der Waals surface area contributed by atoms with E-state index in [0.717, 1.165) is 4.59 Å². The van der Waals surface area contributed by atoms with E-state index >= 15 is 0 Å². The molecule has 0 atom stereocenters. The van der Waals surface area contributed by atoms with E-state index in [1.54, 1.807) is 6.20 Å². The van der Waals surface area contributed by atoms with E-state index in [0.29, 0.717) is 0 Å². The molecule has 1 heterocycles. The first-order valence-corrected chi connectivity index (χ1v) is 2.50. The van der Waals surface area contributed by atoms with Gasteiger partial charge in [-0.1, -0.05) is 0 Å². The van der Waals surface area contributed by atoms with Crippen molar-refractivity contribution in [3.8, 4) is 0 Å². The summed E-state index contributed by atoms with van der Waals surface area (Å²) in [5.41, 5.74) is 0. The van der Waals surface area contributed by atoms with Crippen LogP contribution in [0.1, 0.15) is 0 Å². The number of halogens is 2. The first-order valence-electron chi connectivity index (χ1n) is 1.95. The maximum atomic E-state index is 3.87. The Balaban J connectivity index is 0. The molecule has 0 aromatic carbocycles. The Bertz CT molecular complexity index is 145. The van der Waals surface area contributed by atoms with Crippen molar-refractivity contribution in [2.45, 2.75) is 0 Å². The molecule has 0 saturated carbocycles. The van der Waals surface area contributed by atoms with E-state index < -0.39 is 0 Å². The van der Waals surface area contributed by atoms with Crippen molar-refractivity contribution in [3.05, 3.63) is 24.4 Å². The van der Waals surface area contributed by atoms with Crippen molar-refractivity contribution < 1.29 is 40.8 Å². The standard InChI is InChI=1S/C5H4N.2ClH.Fe/c1-2-4-6-5-3-1;;;/h1-4H;2*1H;/q;;;+2/p-2.